The van der Waals surface area contributed by atoms with Gasteiger partial charge in [-0.25, -0.2) is 0 Å². The maximum absolute atomic E-state index is 13.1. The van der Waals surface area contributed by atoms with Crippen LogP contribution in [-0.2, 0) is 19.1 Å². The van der Waals surface area contributed by atoms with Gasteiger partial charge in [-0.15, -0.1) is 23.5 Å². The van der Waals surface area contributed by atoms with Crippen LogP contribution in [0.3, 0.4) is 0 Å². The number of benzene rings is 4. The molecule has 0 unspecified atom stereocenters. The lowest BCUT2D eigenvalue weighted by Gasteiger charge is -2.34. The lowest BCUT2D eigenvalue weighted by atomic mass is 10.0. The molecule has 0 atom stereocenters. The minimum Gasteiger partial charge on any atom is -0.433 e. The van der Waals surface area contributed by atoms with Gasteiger partial charge in [-0.3, -0.25) is 19.2 Å². The first-order valence-corrected chi connectivity index (χ1v) is 16.0. The van der Waals surface area contributed by atoms with E-state index in [4.69, 9.17) is 9.47 Å². The zero-order chi connectivity index (χ0) is 31.7. The van der Waals surface area contributed by atoms with E-state index in [1.807, 2.05) is 48.5 Å². The SMILES string of the molecule is CC(C)(OC(=O)CSc1ccc(C(=O)c2ccccc2)cc1)OC(C)(C)C(=O)CSc1ccc(C(=O)c2ccccc2)cc1. The molecule has 0 aromatic heterocycles. The fourth-order valence-electron chi connectivity index (χ4n) is 4.38. The molecule has 8 heteroatoms. The highest BCUT2D eigenvalue weighted by molar-refractivity contribution is 8.00. The molecule has 0 bridgehead atoms. The largest absolute Gasteiger partial charge is 0.433 e. The standard InChI is InChI=1S/C36H34O6S2/c1-35(2,31(37)23-43-29-19-15-27(16-20-29)33(39)25-11-7-5-8-12-25)42-36(3,4)41-32(38)24-44-30-21-17-28(18-22-30)34(40)26-13-9-6-10-14-26/h5-22H,23-24H2,1-4H3. The van der Waals surface area contributed by atoms with Crippen LogP contribution in [0.5, 0.6) is 0 Å². The molecule has 0 N–H and O–H groups in total. The molecule has 4 rings (SSSR count). The Bertz CT molecular complexity index is 1600. The van der Waals surface area contributed by atoms with Gasteiger partial charge in [0.15, 0.2) is 17.3 Å². The predicted molar refractivity (Wildman–Crippen MR) is 174 cm³/mol. The molecule has 0 aliphatic rings. The van der Waals surface area contributed by atoms with E-state index in [0.717, 1.165) is 9.79 Å². The lowest BCUT2D eigenvalue weighted by molar-refractivity contribution is -0.246. The van der Waals surface area contributed by atoms with Crippen molar-refractivity contribution in [1.29, 1.82) is 0 Å². The number of thioether (sulfide) groups is 2. The number of hydrogen-bond acceptors (Lipinski definition) is 8. The monoisotopic (exact) mass is 626 g/mol. The summed E-state index contributed by atoms with van der Waals surface area (Å²) in [5.41, 5.74) is 1.17. The molecular weight excluding hydrogens is 593 g/mol. The Morgan fingerprint density at radius 1 is 0.545 bits per heavy atom. The number of Topliss-reactive ketones (excluding diaryl/α,β-unsaturated/α-hetero) is 1. The highest BCUT2D eigenvalue weighted by atomic mass is 32.2. The molecule has 4 aromatic carbocycles. The fraction of sp³-hybridized carbons (Fsp3) is 0.222. The van der Waals surface area contributed by atoms with Gasteiger partial charge >= 0.3 is 5.97 Å². The van der Waals surface area contributed by atoms with E-state index in [9.17, 15) is 19.2 Å². The number of ketones is 3. The van der Waals surface area contributed by atoms with Crippen LogP contribution in [0.25, 0.3) is 0 Å². The maximum atomic E-state index is 13.1. The number of carbonyl (C=O) groups excluding carboxylic acids is 4. The van der Waals surface area contributed by atoms with Crippen LogP contribution in [0.15, 0.2) is 119 Å². The second-order valence-electron chi connectivity index (χ2n) is 10.9. The third-order valence-electron chi connectivity index (χ3n) is 6.56. The van der Waals surface area contributed by atoms with Gasteiger partial charge in [0.2, 0.25) is 5.79 Å². The third kappa shape index (κ3) is 9.26. The smallest absolute Gasteiger partial charge is 0.318 e. The zero-order valence-electron chi connectivity index (χ0n) is 25.1. The summed E-state index contributed by atoms with van der Waals surface area (Å²) >= 11 is 2.63. The van der Waals surface area contributed by atoms with Crippen LogP contribution in [0, 0.1) is 0 Å². The van der Waals surface area contributed by atoms with Crippen LogP contribution in [0.2, 0.25) is 0 Å². The van der Waals surface area contributed by atoms with Crippen LogP contribution in [-0.4, -0.2) is 46.2 Å². The molecule has 4 aromatic rings. The van der Waals surface area contributed by atoms with E-state index >= 15 is 0 Å². The summed E-state index contributed by atoms with van der Waals surface area (Å²) in [5.74, 6) is -1.96. The molecule has 6 nitrogen and oxygen atoms in total. The van der Waals surface area contributed by atoms with E-state index < -0.39 is 17.4 Å². The Morgan fingerprint density at radius 3 is 1.36 bits per heavy atom. The first-order chi connectivity index (χ1) is 20.9. The van der Waals surface area contributed by atoms with Gasteiger partial charge in [-0.1, -0.05) is 60.7 Å². The van der Waals surface area contributed by atoms with Crippen molar-refractivity contribution in [1.82, 2.24) is 0 Å². The average Bonchev–Trinajstić information content (AvgIpc) is 3.02. The molecule has 0 spiro atoms. The van der Waals surface area contributed by atoms with E-state index in [1.54, 1.807) is 88.4 Å². The number of esters is 1. The molecule has 0 fully saturated rings. The summed E-state index contributed by atoms with van der Waals surface area (Å²) in [7, 11) is 0. The highest BCUT2D eigenvalue weighted by Gasteiger charge is 2.37. The molecule has 44 heavy (non-hydrogen) atoms. The van der Waals surface area contributed by atoms with E-state index in [-0.39, 0.29) is 28.9 Å². The van der Waals surface area contributed by atoms with Crippen molar-refractivity contribution in [3.05, 3.63) is 131 Å². The number of hydrogen-bond donors (Lipinski definition) is 0. The van der Waals surface area contributed by atoms with Gasteiger partial charge in [-0.05, 0) is 62.4 Å². The van der Waals surface area contributed by atoms with Gasteiger partial charge in [0.1, 0.15) is 5.60 Å². The molecule has 226 valence electrons. The van der Waals surface area contributed by atoms with Crippen LogP contribution >= 0.6 is 23.5 Å². The summed E-state index contributed by atoms with van der Waals surface area (Å²) in [5, 5.41) is 0. The van der Waals surface area contributed by atoms with Crippen LogP contribution < -0.4 is 0 Å². The topological polar surface area (TPSA) is 86.7 Å². The van der Waals surface area contributed by atoms with E-state index in [2.05, 4.69) is 0 Å². The van der Waals surface area contributed by atoms with Gasteiger partial charge in [0, 0.05) is 45.9 Å². The van der Waals surface area contributed by atoms with Crippen molar-refractivity contribution >= 4 is 46.8 Å². The molecule has 0 aliphatic heterocycles. The highest BCUT2D eigenvalue weighted by Crippen LogP contribution is 2.28. The second kappa shape index (κ2) is 14.7. The molecular formula is C36H34O6S2. The molecule has 0 radical (unpaired) electrons. The van der Waals surface area contributed by atoms with Gasteiger partial charge < -0.3 is 9.47 Å². The Balaban J connectivity index is 1.23. The Kier molecular flexibility index (Phi) is 11.0. The summed E-state index contributed by atoms with van der Waals surface area (Å²) in [6.07, 6.45) is 0. The molecule has 0 heterocycles. The molecule has 0 saturated carbocycles. The normalized spacial score (nSPS) is 11.5. The van der Waals surface area contributed by atoms with E-state index in [0.29, 0.717) is 22.3 Å². The first-order valence-electron chi connectivity index (χ1n) is 14.0. The Labute approximate surface area is 266 Å². The number of rotatable bonds is 14. The van der Waals surface area contributed by atoms with Crippen molar-refractivity contribution in [3.63, 3.8) is 0 Å². The van der Waals surface area contributed by atoms with Crippen molar-refractivity contribution in [2.24, 2.45) is 0 Å². The molecule has 0 aliphatic carbocycles. The minimum atomic E-state index is -1.34. The van der Waals surface area contributed by atoms with Crippen LogP contribution in [0.4, 0.5) is 0 Å². The number of ether oxygens (including phenoxy) is 2. The number of carbonyl (C=O) groups is 4. The van der Waals surface area contributed by atoms with E-state index in [1.165, 1.54) is 23.5 Å². The third-order valence-corrected chi connectivity index (χ3v) is 8.56. The first kappa shape index (κ1) is 32.9. The quantitative estimate of drug-likeness (QED) is 0.0610. The Hall–Kier alpha value is -3.98. The summed E-state index contributed by atoms with van der Waals surface area (Å²) in [6.45, 7) is 6.51. The van der Waals surface area contributed by atoms with Gasteiger partial charge in [0.05, 0.1) is 11.5 Å². The molecule has 0 saturated heterocycles. The zero-order valence-corrected chi connectivity index (χ0v) is 26.7. The van der Waals surface area contributed by atoms with Crippen LogP contribution in [0.1, 0.15) is 59.5 Å². The summed E-state index contributed by atoms with van der Waals surface area (Å²) < 4.78 is 11.6. The predicted octanol–water partition coefficient (Wildman–Crippen LogP) is 7.68. The Morgan fingerprint density at radius 2 is 0.932 bits per heavy atom. The van der Waals surface area contributed by atoms with Crippen molar-refractivity contribution in [3.8, 4) is 0 Å². The summed E-state index contributed by atoms with van der Waals surface area (Å²) in [4.78, 5) is 52.6. The van der Waals surface area contributed by atoms with Crippen molar-refractivity contribution in [2.45, 2.75) is 48.9 Å². The summed E-state index contributed by atoms with van der Waals surface area (Å²) in [6, 6.07) is 32.3. The molecule has 0 amide bonds. The van der Waals surface area contributed by atoms with Crippen molar-refractivity contribution in [2.75, 3.05) is 11.5 Å². The lowest BCUT2D eigenvalue weighted by Crippen LogP contribution is -2.46. The van der Waals surface area contributed by atoms with Gasteiger partial charge in [0.25, 0.3) is 0 Å². The van der Waals surface area contributed by atoms with Crippen molar-refractivity contribution < 1.29 is 28.7 Å². The minimum absolute atomic E-state index is 0.0335. The van der Waals surface area contributed by atoms with Gasteiger partial charge in [-0.2, -0.15) is 0 Å². The maximum Gasteiger partial charge on any atom is 0.318 e. The second-order valence-corrected chi connectivity index (χ2v) is 13.0. The average molecular weight is 627 g/mol. The fourth-order valence-corrected chi connectivity index (χ4v) is 6.02.